The van der Waals surface area contributed by atoms with Gasteiger partial charge in [0.15, 0.2) is 23.7 Å². The van der Waals surface area contributed by atoms with Crippen LogP contribution in [0.2, 0.25) is 0 Å². The summed E-state index contributed by atoms with van der Waals surface area (Å²) >= 11 is 0. The number of carbonyl (C=O) groups excluding carboxylic acids is 1. The van der Waals surface area contributed by atoms with Gasteiger partial charge in [0, 0.05) is 12.3 Å². The molecule has 1 aliphatic rings. The SMILES string of the molecule is O=C(O)C(O)[C@H]1OCCN(c2ccn(-c3cnnc(C(F)(F)F)c3)n2)C1=O. The number of anilines is 1. The van der Waals surface area contributed by atoms with Crippen LogP contribution in [0.15, 0.2) is 24.5 Å². The molecule has 1 unspecified atom stereocenters. The number of aliphatic hydroxyl groups is 1. The molecule has 1 fully saturated rings. The van der Waals surface area contributed by atoms with Gasteiger partial charge in [-0.1, -0.05) is 0 Å². The number of amides is 1. The summed E-state index contributed by atoms with van der Waals surface area (Å²) in [6.07, 6.45) is -5.98. The summed E-state index contributed by atoms with van der Waals surface area (Å²) in [4.78, 5) is 24.3. The summed E-state index contributed by atoms with van der Waals surface area (Å²) in [6.45, 7) is -0.0241. The van der Waals surface area contributed by atoms with Crippen molar-refractivity contribution in [2.45, 2.75) is 18.4 Å². The summed E-state index contributed by atoms with van der Waals surface area (Å²) in [5.41, 5.74) is -1.24. The highest BCUT2D eigenvalue weighted by Crippen LogP contribution is 2.28. The molecule has 0 radical (unpaired) electrons. The maximum atomic E-state index is 12.7. The van der Waals surface area contributed by atoms with E-state index in [9.17, 15) is 27.9 Å². The van der Waals surface area contributed by atoms with Crippen molar-refractivity contribution in [2.24, 2.45) is 0 Å². The molecule has 2 atom stereocenters. The van der Waals surface area contributed by atoms with Crippen molar-refractivity contribution in [1.29, 1.82) is 0 Å². The Morgan fingerprint density at radius 2 is 2.15 bits per heavy atom. The Morgan fingerprint density at radius 1 is 1.41 bits per heavy atom. The molecule has 2 aromatic rings. The molecule has 0 spiro atoms. The first-order valence-corrected chi connectivity index (χ1v) is 7.48. The van der Waals surface area contributed by atoms with E-state index in [2.05, 4.69) is 15.3 Å². The number of hydrogen-bond acceptors (Lipinski definition) is 7. The number of morpholine rings is 1. The van der Waals surface area contributed by atoms with Crippen molar-refractivity contribution in [3.05, 3.63) is 30.2 Å². The van der Waals surface area contributed by atoms with Gasteiger partial charge in [-0.25, -0.2) is 9.48 Å². The van der Waals surface area contributed by atoms with Crippen molar-refractivity contribution in [1.82, 2.24) is 20.0 Å². The van der Waals surface area contributed by atoms with E-state index < -0.39 is 36.0 Å². The normalized spacial score (nSPS) is 19.2. The molecular weight excluding hydrogens is 375 g/mol. The molecule has 144 valence electrons. The summed E-state index contributed by atoms with van der Waals surface area (Å²) in [5.74, 6) is -2.40. The summed E-state index contributed by atoms with van der Waals surface area (Å²) in [7, 11) is 0. The fraction of sp³-hybridized carbons (Fsp3) is 0.357. The minimum atomic E-state index is -4.68. The van der Waals surface area contributed by atoms with Gasteiger partial charge < -0.3 is 14.9 Å². The molecule has 0 bridgehead atoms. The van der Waals surface area contributed by atoms with E-state index in [1.54, 1.807) is 0 Å². The second-order valence-corrected chi connectivity index (χ2v) is 5.48. The summed E-state index contributed by atoms with van der Waals surface area (Å²) in [6, 6.07) is 2.09. The number of aliphatic hydroxyl groups excluding tert-OH is 1. The number of aromatic nitrogens is 4. The van der Waals surface area contributed by atoms with Gasteiger partial charge in [0.2, 0.25) is 0 Å². The largest absolute Gasteiger partial charge is 0.479 e. The van der Waals surface area contributed by atoms with Crippen LogP contribution in [0.4, 0.5) is 19.0 Å². The third-order valence-electron chi connectivity index (χ3n) is 3.71. The van der Waals surface area contributed by atoms with Crippen LogP contribution in [0.25, 0.3) is 5.69 Å². The van der Waals surface area contributed by atoms with Gasteiger partial charge in [0.05, 0.1) is 25.0 Å². The first-order valence-electron chi connectivity index (χ1n) is 7.48. The van der Waals surface area contributed by atoms with E-state index in [1.165, 1.54) is 12.3 Å². The fourth-order valence-corrected chi connectivity index (χ4v) is 2.41. The number of aliphatic carboxylic acids is 1. The standard InChI is InChI=1S/C14H12F3N5O5/c15-14(16,17)8-5-7(6-18-19-8)22-2-1-9(20-22)21-3-4-27-11(12(21)24)10(23)13(25)26/h1-2,5-6,10-11,23H,3-4H2,(H,25,26)/t10?,11-/m1/s1. The Morgan fingerprint density at radius 3 is 2.81 bits per heavy atom. The number of hydrogen-bond donors (Lipinski definition) is 2. The van der Waals surface area contributed by atoms with Gasteiger partial charge >= 0.3 is 12.1 Å². The van der Waals surface area contributed by atoms with E-state index >= 15 is 0 Å². The number of rotatable bonds is 4. The number of nitrogens with zero attached hydrogens (tertiary/aromatic N) is 5. The fourth-order valence-electron chi connectivity index (χ4n) is 2.41. The maximum absolute atomic E-state index is 12.7. The third kappa shape index (κ3) is 3.73. The Bertz CT molecular complexity index is 871. The zero-order valence-corrected chi connectivity index (χ0v) is 13.4. The number of carboxylic acid groups (broad SMARTS) is 1. The van der Waals surface area contributed by atoms with Crippen LogP contribution in [0.3, 0.4) is 0 Å². The van der Waals surface area contributed by atoms with E-state index in [0.717, 1.165) is 21.8 Å². The van der Waals surface area contributed by atoms with Crippen molar-refractivity contribution in [3.63, 3.8) is 0 Å². The van der Waals surface area contributed by atoms with Gasteiger partial charge in [-0.2, -0.15) is 18.3 Å². The van der Waals surface area contributed by atoms with E-state index in [1.807, 2.05) is 0 Å². The quantitative estimate of drug-likeness (QED) is 0.741. The number of alkyl halides is 3. The predicted molar refractivity (Wildman–Crippen MR) is 79.9 cm³/mol. The number of carboxylic acids is 1. The van der Waals surface area contributed by atoms with Gasteiger partial charge in [-0.3, -0.25) is 9.69 Å². The summed E-state index contributed by atoms with van der Waals surface area (Å²) in [5, 5.41) is 28.7. The molecule has 27 heavy (non-hydrogen) atoms. The molecule has 2 N–H and O–H groups in total. The first-order chi connectivity index (χ1) is 12.7. The third-order valence-corrected chi connectivity index (χ3v) is 3.71. The molecule has 1 amide bonds. The highest BCUT2D eigenvalue weighted by molar-refractivity contribution is 5.99. The molecule has 3 heterocycles. The smallest absolute Gasteiger partial charge is 0.435 e. The Hall–Kier alpha value is -3.06. The lowest BCUT2D eigenvalue weighted by Crippen LogP contribution is -2.54. The van der Waals surface area contributed by atoms with Gasteiger partial charge in [0.1, 0.15) is 0 Å². The molecule has 0 aliphatic carbocycles. The minimum Gasteiger partial charge on any atom is -0.479 e. The van der Waals surface area contributed by atoms with Crippen molar-refractivity contribution >= 4 is 17.7 Å². The van der Waals surface area contributed by atoms with Crippen LogP contribution in [-0.4, -0.2) is 67.4 Å². The lowest BCUT2D eigenvalue weighted by atomic mass is 10.1. The molecule has 1 aliphatic heterocycles. The van der Waals surface area contributed by atoms with Crippen LogP contribution >= 0.6 is 0 Å². The second-order valence-electron chi connectivity index (χ2n) is 5.48. The highest BCUT2D eigenvalue weighted by atomic mass is 19.4. The Labute approximate surface area is 148 Å². The number of halogens is 3. The van der Waals surface area contributed by atoms with Crippen molar-refractivity contribution < 1.29 is 37.7 Å². The van der Waals surface area contributed by atoms with Crippen LogP contribution in [0.5, 0.6) is 0 Å². The summed E-state index contributed by atoms with van der Waals surface area (Å²) < 4.78 is 44.3. The molecule has 13 heteroatoms. The molecule has 0 aromatic carbocycles. The average Bonchev–Trinajstić information content (AvgIpc) is 3.10. The van der Waals surface area contributed by atoms with Crippen molar-refractivity contribution in [2.75, 3.05) is 18.1 Å². The molecule has 1 saturated heterocycles. The van der Waals surface area contributed by atoms with Crippen LogP contribution in [-0.2, 0) is 20.5 Å². The molecule has 0 saturated carbocycles. The highest BCUT2D eigenvalue weighted by Gasteiger charge is 2.40. The maximum Gasteiger partial charge on any atom is 0.435 e. The zero-order valence-electron chi connectivity index (χ0n) is 13.4. The van der Waals surface area contributed by atoms with Crippen LogP contribution < -0.4 is 4.90 Å². The topological polar surface area (TPSA) is 131 Å². The van der Waals surface area contributed by atoms with E-state index in [-0.39, 0.29) is 24.7 Å². The van der Waals surface area contributed by atoms with Gasteiger partial charge in [-0.15, -0.1) is 10.2 Å². The van der Waals surface area contributed by atoms with Crippen LogP contribution in [0.1, 0.15) is 5.69 Å². The number of ether oxygens (including phenoxy) is 1. The van der Waals surface area contributed by atoms with Gasteiger partial charge in [0.25, 0.3) is 5.91 Å². The lowest BCUT2D eigenvalue weighted by Gasteiger charge is -2.31. The zero-order chi connectivity index (χ0) is 19.8. The molecular formula is C14H12F3N5O5. The first kappa shape index (κ1) is 18.7. The minimum absolute atomic E-state index is 0.0289. The monoisotopic (exact) mass is 387 g/mol. The van der Waals surface area contributed by atoms with E-state index in [4.69, 9.17) is 9.84 Å². The second kappa shape index (κ2) is 6.92. The predicted octanol–water partition coefficient (Wildman–Crippen LogP) is -0.142. The van der Waals surface area contributed by atoms with E-state index in [0.29, 0.717) is 0 Å². The average molecular weight is 387 g/mol. The lowest BCUT2D eigenvalue weighted by molar-refractivity contribution is -0.163. The van der Waals surface area contributed by atoms with Crippen molar-refractivity contribution in [3.8, 4) is 5.69 Å². The Kier molecular flexibility index (Phi) is 4.80. The Balaban J connectivity index is 1.85. The molecule has 10 nitrogen and oxygen atoms in total. The van der Waals surface area contributed by atoms with Gasteiger partial charge in [-0.05, 0) is 6.07 Å². The molecule has 3 rings (SSSR count). The van der Waals surface area contributed by atoms with Crippen LogP contribution in [0, 0.1) is 0 Å². The molecule has 2 aromatic heterocycles. The number of carbonyl (C=O) groups is 2.